The molecular formula is C20H29N5O3S2. The van der Waals surface area contributed by atoms with E-state index in [1.807, 2.05) is 23.9 Å². The number of fused-ring (bicyclic) bond motifs is 1. The van der Waals surface area contributed by atoms with Crippen LogP contribution in [0.25, 0.3) is 10.9 Å². The van der Waals surface area contributed by atoms with Crippen molar-refractivity contribution in [3.63, 3.8) is 0 Å². The van der Waals surface area contributed by atoms with Gasteiger partial charge in [0.1, 0.15) is 5.82 Å². The Morgan fingerprint density at radius 3 is 2.83 bits per heavy atom. The molecule has 4 rings (SSSR count). The summed E-state index contributed by atoms with van der Waals surface area (Å²) in [4.78, 5) is 20.1. The molecule has 2 aliphatic rings. The third kappa shape index (κ3) is 5.35. The van der Waals surface area contributed by atoms with Gasteiger partial charge in [-0.25, -0.2) is 17.7 Å². The number of piperidine rings is 2. The summed E-state index contributed by atoms with van der Waals surface area (Å²) in [5.74, 6) is 1.40. The van der Waals surface area contributed by atoms with E-state index in [0.29, 0.717) is 40.8 Å². The van der Waals surface area contributed by atoms with Crippen molar-refractivity contribution >= 4 is 38.4 Å². The number of hydrogen-bond donors (Lipinski definition) is 3. The molecular weight excluding hydrogens is 422 g/mol. The van der Waals surface area contributed by atoms with Crippen molar-refractivity contribution in [1.29, 1.82) is 0 Å². The minimum atomic E-state index is -3.18. The van der Waals surface area contributed by atoms with Crippen molar-refractivity contribution < 1.29 is 8.42 Å². The molecule has 0 spiro atoms. The molecule has 2 aromatic rings. The molecule has 164 valence electrons. The molecule has 1 aromatic heterocycles. The summed E-state index contributed by atoms with van der Waals surface area (Å²) in [6.45, 7) is 3.13. The molecule has 0 radical (unpaired) electrons. The second-order valence-corrected chi connectivity index (χ2v) is 11.4. The minimum Gasteiger partial charge on any atom is -0.381 e. The zero-order valence-corrected chi connectivity index (χ0v) is 18.8. The Balaban J connectivity index is 1.47. The van der Waals surface area contributed by atoms with Crippen molar-refractivity contribution in [1.82, 2.24) is 19.6 Å². The lowest BCUT2D eigenvalue weighted by Gasteiger charge is -2.32. The first-order valence-electron chi connectivity index (χ1n) is 10.5. The normalized spacial score (nSPS) is 21.7. The molecule has 2 fully saturated rings. The Bertz CT molecular complexity index is 1050. The molecule has 1 aromatic carbocycles. The van der Waals surface area contributed by atoms with Gasteiger partial charge in [-0.1, -0.05) is 0 Å². The van der Waals surface area contributed by atoms with Crippen LogP contribution in [-0.4, -0.2) is 66.4 Å². The Labute approximate surface area is 181 Å². The summed E-state index contributed by atoms with van der Waals surface area (Å²) < 4.78 is 25.2. The predicted molar refractivity (Wildman–Crippen MR) is 123 cm³/mol. The number of anilines is 1. The van der Waals surface area contributed by atoms with E-state index in [0.717, 1.165) is 44.5 Å². The van der Waals surface area contributed by atoms with Gasteiger partial charge in [-0.2, -0.15) is 11.8 Å². The van der Waals surface area contributed by atoms with Gasteiger partial charge >= 0.3 is 0 Å². The maximum absolute atomic E-state index is 12.5. The molecule has 3 N–H and O–H groups in total. The van der Waals surface area contributed by atoms with E-state index in [9.17, 15) is 13.2 Å². The second-order valence-electron chi connectivity index (χ2n) is 8.11. The van der Waals surface area contributed by atoms with Gasteiger partial charge in [0.15, 0.2) is 0 Å². The van der Waals surface area contributed by atoms with Gasteiger partial charge < -0.3 is 15.6 Å². The first-order valence-corrected chi connectivity index (χ1v) is 13.3. The average Bonchev–Trinajstić information content (AvgIpc) is 2.72. The van der Waals surface area contributed by atoms with Crippen molar-refractivity contribution in [2.75, 3.05) is 37.8 Å². The molecule has 0 aliphatic carbocycles. The molecule has 10 heteroatoms. The number of sulfonamides is 1. The number of rotatable bonds is 6. The molecule has 1 unspecified atom stereocenters. The fourth-order valence-electron chi connectivity index (χ4n) is 4.10. The van der Waals surface area contributed by atoms with E-state index in [1.54, 1.807) is 6.07 Å². The molecule has 8 nitrogen and oxygen atoms in total. The summed E-state index contributed by atoms with van der Waals surface area (Å²) in [5.41, 5.74) is 1.41. The highest BCUT2D eigenvalue weighted by atomic mass is 32.2. The van der Waals surface area contributed by atoms with Crippen LogP contribution in [0, 0.1) is 0 Å². The number of nitrogens with one attached hydrogen (secondary N) is 3. The first kappa shape index (κ1) is 21.6. The van der Waals surface area contributed by atoms with Gasteiger partial charge in [0, 0.05) is 30.1 Å². The summed E-state index contributed by atoms with van der Waals surface area (Å²) in [6, 6.07) is 5.58. The molecule has 0 amide bonds. The zero-order chi connectivity index (χ0) is 21.1. The molecule has 3 heterocycles. The number of aromatic amines is 1. The van der Waals surface area contributed by atoms with Crippen LogP contribution in [0.2, 0.25) is 0 Å². The van der Waals surface area contributed by atoms with Crippen LogP contribution in [0.3, 0.4) is 0 Å². The molecule has 0 bridgehead atoms. The van der Waals surface area contributed by atoms with Crippen LogP contribution < -0.4 is 16.2 Å². The predicted octanol–water partition coefficient (Wildman–Crippen LogP) is 1.74. The Morgan fingerprint density at radius 2 is 2.07 bits per heavy atom. The summed E-state index contributed by atoms with van der Waals surface area (Å²) in [5, 5.41) is 7.96. The van der Waals surface area contributed by atoms with Gasteiger partial charge in [-0.05, 0) is 57.0 Å². The van der Waals surface area contributed by atoms with Gasteiger partial charge in [0.25, 0.3) is 5.56 Å². The van der Waals surface area contributed by atoms with Crippen LogP contribution >= 0.6 is 11.8 Å². The van der Waals surface area contributed by atoms with Crippen molar-refractivity contribution in [3.8, 4) is 0 Å². The summed E-state index contributed by atoms with van der Waals surface area (Å²) in [6.07, 6.45) is 5.27. The van der Waals surface area contributed by atoms with Crippen LogP contribution in [0.1, 0.15) is 31.5 Å². The Morgan fingerprint density at radius 1 is 1.27 bits per heavy atom. The number of hydrogen-bond acceptors (Lipinski definition) is 7. The number of benzene rings is 1. The van der Waals surface area contributed by atoms with Gasteiger partial charge in [-0.3, -0.25) is 4.79 Å². The lowest BCUT2D eigenvalue weighted by molar-refractivity contribution is 0.329. The maximum atomic E-state index is 12.5. The molecule has 30 heavy (non-hydrogen) atoms. The SMILES string of the molecule is CS(=O)(=O)N1CCCC(Nc2ccc3c(=O)[nH]c(CSC4CCNCC4)nc3c2)C1. The third-order valence-electron chi connectivity index (χ3n) is 5.72. The van der Waals surface area contributed by atoms with Crippen LogP contribution in [0.4, 0.5) is 5.69 Å². The number of H-pyrrole nitrogens is 1. The van der Waals surface area contributed by atoms with E-state index in [-0.39, 0.29) is 11.6 Å². The minimum absolute atomic E-state index is 0.0443. The van der Waals surface area contributed by atoms with Crippen molar-refractivity contribution in [3.05, 3.63) is 34.4 Å². The van der Waals surface area contributed by atoms with E-state index in [1.165, 1.54) is 10.6 Å². The standard InChI is InChI=1S/C20H29N5O3S2/c1-30(27,28)25-10-2-3-15(12-25)22-14-4-5-17-18(11-14)23-19(24-20(17)26)13-29-16-6-8-21-9-7-16/h4-5,11,15-16,21-22H,2-3,6-10,12-13H2,1H3,(H,23,24,26). The lowest BCUT2D eigenvalue weighted by atomic mass is 10.1. The number of thioether (sulfide) groups is 1. The highest BCUT2D eigenvalue weighted by Gasteiger charge is 2.25. The molecule has 1 atom stereocenters. The second kappa shape index (κ2) is 9.25. The van der Waals surface area contributed by atoms with Gasteiger partial charge in [0.2, 0.25) is 10.0 Å². The van der Waals surface area contributed by atoms with Crippen molar-refractivity contribution in [2.45, 2.75) is 42.7 Å². The molecule has 2 aliphatic heterocycles. The molecule has 2 saturated heterocycles. The van der Waals surface area contributed by atoms with E-state index >= 15 is 0 Å². The van der Waals surface area contributed by atoms with Crippen LogP contribution in [-0.2, 0) is 15.8 Å². The van der Waals surface area contributed by atoms with E-state index in [4.69, 9.17) is 4.98 Å². The summed E-state index contributed by atoms with van der Waals surface area (Å²) >= 11 is 1.85. The zero-order valence-electron chi connectivity index (χ0n) is 17.2. The highest BCUT2D eigenvalue weighted by Crippen LogP contribution is 2.24. The third-order valence-corrected chi connectivity index (χ3v) is 8.37. The Kier molecular flexibility index (Phi) is 6.66. The maximum Gasteiger partial charge on any atom is 0.258 e. The fraction of sp³-hybridized carbons (Fsp3) is 0.600. The van der Waals surface area contributed by atoms with Crippen LogP contribution in [0.5, 0.6) is 0 Å². The fourth-order valence-corrected chi connectivity index (χ4v) is 6.11. The smallest absolute Gasteiger partial charge is 0.258 e. The van der Waals surface area contributed by atoms with E-state index < -0.39 is 10.0 Å². The molecule has 0 saturated carbocycles. The van der Waals surface area contributed by atoms with Gasteiger partial charge in [-0.15, -0.1) is 0 Å². The quantitative estimate of drug-likeness (QED) is 0.614. The van der Waals surface area contributed by atoms with Gasteiger partial charge in [0.05, 0.1) is 22.9 Å². The van der Waals surface area contributed by atoms with Crippen molar-refractivity contribution in [2.24, 2.45) is 0 Å². The summed E-state index contributed by atoms with van der Waals surface area (Å²) in [7, 11) is -3.18. The monoisotopic (exact) mass is 451 g/mol. The highest BCUT2D eigenvalue weighted by molar-refractivity contribution is 7.99. The average molecular weight is 452 g/mol. The number of aromatic nitrogens is 2. The number of nitrogens with zero attached hydrogens (tertiary/aromatic N) is 2. The largest absolute Gasteiger partial charge is 0.381 e. The lowest BCUT2D eigenvalue weighted by Crippen LogP contribution is -2.44. The topological polar surface area (TPSA) is 107 Å². The Hall–Kier alpha value is -1.62. The van der Waals surface area contributed by atoms with E-state index in [2.05, 4.69) is 15.6 Å². The van der Waals surface area contributed by atoms with Crippen LogP contribution in [0.15, 0.2) is 23.0 Å². The first-order chi connectivity index (χ1) is 14.4.